The second-order valence-corrected chi connectivity index (χ2v) is 8.17. The van der Waals surface area contributed by atoms with E-state index in [4.69, 9.17) is 0 Å². The fourth-order valence-electron chi connectivity index (χ4n) is 3.06. The summed E-state index contributed by atoms with van der Waals surface area (Å²) in [5.74, 6) is -0.0865. The summed E-state index contributed by atoms with van der Waals surface area (Å²) in [5.41, 5.74) is 0.454. The second kappa shape index (κ2) is 7.82. The molecule has 0 radical (unpaired) electrons. The van der Waals surface area contributed by atoms with Gasteiger partial charge in [0.2, 0.25) is 10.0 Å². The van der Waals surface area contributed by atoms with E-state index in [-0.39, 0.29) is 23.2 Å². The van der Waals surface area contributed by atoms with Gasteiger partial charge in [-0.25, -0.2) is 8.42 Å². The number of halogens is 1. The summed E-state index contributed by atoms with van der Waals surface area (Å²) in [6.07, 6.45) is 1.80. The molecule has 2 fully saturated rings. The van der Waals surface area contributed by atoms with Gasteiger partial charge >= 0.3 is 0 Å². The minimum atomic E-state index is -3.48. The van der Waals surface area contributed by atoms with Crippen molar-refractivity contribution in [2.24, 2.45) is 0 Å². The Morgan fingerprint density at radius 1 is 1.00 bits per heavy atom. The van der Waals surface area contributed by atoms with Crippen LogP contribution in [0.2, 0.25) is 0 Å². The summed E-state index contributed by atoms with van der Waals surface area (Å²) < 4.78 is 26.8. The van der Waals surface area contributed by atoms with Crippen LogP contribution in [0.1, 0.15) is 23.2 Å². The summed E-state index contributed by atoms with van der Waals surface area (Å²) in [7, 11) is -1.45. The first kappa shape index (κ1) is 19.2. The van der Waals surface area contributed by atoms with Crippen LogP contribution in [-0.2, 0) is 10.0 Å². The SMILES string of the molecule is CN1CCN(C(=O)c2cccc(S(=O)(=O)N3CCCC3)c2)CC1.Cl. The Bertz CT molecular complexity index is 682. The molecule has 0 unspecified atom stereocenters. The molecule has 1 amide bonds. The maximum absolute atomic E-state index is 12.6. The van der Waals surface area contributed by atoms with Gasteiger partial charge in [0.05, 0.1) is 4.90 Å². The van der Waals surface area contributed by atoms with Gasteiger partial charge in [0.25, 0.3) is 5.91 Å². The maximum atomic E-state index is 12.6. The number of hydrogen-bond acceptors (Lipinski definition) is 4. The first-order chi connectivity index (χ1) is 11.0. The van der Waals surface area contributed by atoms with Gasteiger partial charge in [-0.2, -0.15) is 4.31 Å². The van der Waals surface area contributed by atoms with Crippen molar-refractivity contribution in [2.45, 2.75) is 17.7 Å². The largest absolute Gasteiger partial charge is 0.336 e. The highest BCUT2D eigenvalue weighted by molar-refractivity contribution is 7.89. The van der Waals surface area contributed by atoms with Crippen LogP contribution in [0.5, 0.6) is 0 Å². The molecule has 1 aromatic rings. The number of likely N-dealkylation sites (N-methyl/N-ethyl adjacent to an activating group) is 1. The Kier molecular flexibility index (Phi) is 6.25. The van der Waals surface area contributed by atoms with Crippen molar-refractivity contribution in [2.75, 3.05) is 46.3 Å². The van der Waals surface area contributed by atoms with Crippen LogP contribution in [0.15, 0.2) is 29.2 Å². The Balaban J connectivity index is 0.00000208. The molecule has 0 spiro atoms. The van der Waals surface area contributed by atoms with Gasteiger partial charge in [-0.15, -0.1) is 12.4 Å². The van der Waals surface area contributed by atoms with Crippen LogP contribution in [0, 0.1) is 0 Å². The Labute approximate surface area is 149 Å². The van der Waals surface area contributed by atoms with Crippen LogP contribution in [0.25, 0.3) is 0 Å². The lowest BCUT2D eigenvalue weighted by atomic mass is 10.2. The lowest BCUT2D eigenvalue weighted by Gasteiger charge is -2.32. The van der Waals surface area contributed by atoms with Crippen LogP contribution in [-0.4, -0.2) is 74.7 Å². The van der Waals surface area contributed by atoms with E-state index in [1.54, 1.807) is 23.1 Å². The molecule has 2 aliphatic heterocycles. The summed E-state index contributed by atoms with van der Waals surface area (Å²) in [6.45, 7) is 4.18. The van der Waals surface area contributed by atoms with E-state index in [2.05, 4.69) is 4.90 Å². The Morgan fingerprint density at radius 2 is 1.62 bits per heavy atom. The molecule has 3 rings (SSSR count). The van der Waals surface area contributed by atoms with Crippen molar-refractivity contribution in [3.05, 3.63) is 29.8 Å². The second-order valence-electron chi connectivity index (χ2n) is 6.23. The van der Waals surface area contributed by atoms with Crippen molar-refractivity contribution in [1.82, 2.24) is 14.1 Å². The number of hydrogen-bond donors (Lipinski definition) is 0. The van der Waals surface area contributed by atoms with Gasteiger partial charge in [0, 0.05) is 44.8 Å². The quantitative estimate of drug-likeness (QED) is 0.800. The smallest absolute Gasteiger partial charge is 0.253 e. The molecule has 24 heavy (non-hydrogen) atoms. The topological polar surface area (TPSA) is 60.9 Å². The fourth-order valence-corrected chi connectivity index (χ4v) is 4.62. The lowest BCUT2D eigenvalue weighted by molar-refractivity contribution is 0.0664. The number of rotatable bonds is 3. The molecular weight excluding hydrogens is 350 g/mol. The number of amides is 1. The summed E-state index contributed by atoms with van der Waals surface area (Å²) in [5, 5.41) is 0. The average Bonchev–Trinajstić information content (AvgIpc) is 3.10. The zero-order valence-electron chi connectivity index (χ0n) is 13.8. The molecule has 0 aliphatic carbocycles. The van der Waals surface area contributed by atoms with Crippen LogP contribution in [0.3, 0.4) is 0 Å². The zero-order valence-corrected chi connectivity index (χ0v) is 15.5. The van der Waals surface area contributed by atoms with Gasteiger partial charge < -0.3 is 9.80 Å². The molecule has 0 bridgehead atoms. The number of piperazine rings is 1. The standard InChI is InChI=1S/C16H23N3O3S.ClH/c1-17-9-11-18(12-10-17)16(20)14-5-4-6-15(13-14)23(21,22)19-7-2-3-8-19;/h4-6,13H,2-3,7-12H2,1H3;1H. The monoisotopic (exact) mass is 373 g/mol. The van der Waals surface area contributed by atoms with E-state index in [0.29, 0.717) is 31.7 Å². The van der Waals surface area contributed by atoms with E-state index in [0.717, 1.165) is 25.9 Å². The Morgan fingerprint density at radius 3 is 2.25 bits per heavy atom. The predicted molar refractivity (Wildman–Crippen MR) is 95.1 cm³/mol. The zero-order chi connectivity index (χ0) is 16.4. The minimum Gasteiger partial charge on any atom is -0.336 e. The van der Waals surface area contributed by atoms with Crippen molar-refractivity contribution in [3.8, 4) is 0 Å². The first-order valence-corrected chi connectivity index (χ1v) is 9.50. The third kappa shape index (κ3) is 3.91. The normalized spacial score (nSPS) is 20.0. The highest BCUT2D eigenvalue weighted by Crippen LogP contribution is 2.22. The molecule has 2 heterocycles. The van der Waals surface area contributed by atoms with Crippen LogP contribution >= 0.6 is 12.4 Å². The van der Waals surface area contributed by atoms with Gasteiger partial charge in [-0.05, 0) is 38.1 Å². The van der Waals surface area contributed by atoms with Gasteiger partial charge in [0.1, 0.15) is 0 Å². The van der Waals surface area contributed by atoms with Crippen molar-refractivity contribution >= 4 is 28.3 Å². The van der Waals surface area contributed by atoms with Gasteiger partial charge in [-0.3, -0.25) is 4.79 Å². The van der Waals surface area contributed by atoms with E-state index in [1.807, 2.05) is 7.05 Å². The van der Waals surface area contributed by atoms with Crippen molar-refractivity contribution in [3.63, 3.8) is 0 Å². The third-order valence-electron chi connectivity index (χ3n) is 4.57. The van der Waals surface area contributed by atoms with E-state index < -0.39 is 10.0 Å². The molecule has 0 atom stereocenters. The molecule has 0 N–H and O–H groups in total. The number of nitrogens with zero attached hydrogens (tertiary/aromatic N) is 3. The molecular formula is C16H24ClN3O3S. The fraction of sp³-hybridized carbons (Fsp3) is 0.562. The molecule has 134 valence electrons. The average molecular weight is 374 g/mol. The van der Waals surface area contributed by atoms with Crippen molar-refractivity contribution < 1.29 is 13.2 Å². The third-order valence-corrected chi connectivity index (χ3v) is 6.47. The Hall–Kier alpha value is -1.15. The first-order valence-electron chi connectivity index (χ1n) is 8.06. The molecule has 1 aromatic carbocycles. The van der Waals surface area contributed by atoms with Crippen LogP contribution in [0.4, 0.5) is 0 Å². The molecule has 6 nitrogen and oxygen atoms in total. The number of benzene rings is 1. The van der Waals surface area contributed by atoms with E-state index in [9.17, 15) is 13.2 Å². The summed E-state index contributed by atoms with van der Waals surface area (Å²) in [6, 6.07) is 6.46. The lowest BCUT2D eigenvalue weighted by Crippen LogP contribution is -2.47. The summed E-state index contributed by atoms with van der Waals surface area (Å²) >= 11 is 0. The molecule has 0 aromatic heterocycles. The summed E-state index contributed by atoms with van der Waals surface area (Å²) in [4.78, 5) is 16.8. The van der Waals surface area contributed by atoms with Crippen molar-refractivity contribution in [1.29, 1.82) is 0 Å². The predicted octanol–water partition coefficient (Wildman–Crippen LogP) is 1.28. The highest BCUT2D eigenvalue weighted by atomic mass is 35.5. The van der Waals surface area contributed by atoms with E-state index >= 15 is 0 Å². The molecule has 0 saturated carbocycles. The number of sulfonamides is 1. The minimum absolute atomic E-state index is 0. The van der Waals surface area contributed by atoms with Gasteiger partial charge in [-0.1, -0.05) is 6.07 Å². The molecule has 8 heteroatoms. The molecule has 2 saturated heterocycles. The van der Waals surface area contributed by atoms with E-state index in [1.165, 1.54) is 10.4 Å². The number of carbonyl (C=O) groups is 1. The van der Waals surface area contributed by atoms with Gasteiger partial charge in [0.15, 0.2) is 0 Å². The molecule has 2 aliphatic rings. The van der Waals surface area contributed by atoms with Crippen LogP contribution < -0.4 is 0 Å². The number of carbonyl (C=O) groups excluding carboxylic acids is 1. The highest BCUT2D eigenvalue weighted by Gasteiger charge is 2.28. The maximum Gasteiger partial charge on any atom is 0.253 e.